The van der Waals surface area contributed by atoms with Gasteiger partial charge in [0.2, 0.25) is 0 Å². The van der Waals surface area contributed by atoms with E-state index >= 15 is 0 Å². The monoisotopic (exact) mass is 241 g/mol. The first kappa shape index (κ1) is 18.1. The van der Waals surface area contributed by atoms with Crippen LogP contribution in [0.4, 0.5) is 4.79 Å². The molecule has 88 valence electrons. The van der Waals surface area contributed by atoms with Crippen LogP contribution in [-0.2, 0) is 9.53 Å². The number of aliphatic hydroxyl groups excluding tert-OH is 1. The molecule has 0 aromatic carbocycles. The Morgan fingerprint density at radius 1 is 1.44 bits per heavy atom. The van der Waals surface area contributed by atoms with Gasteiger partial charge < -0.3 is 25.1 Å². The second-order valence-electron chi connectivity index (χ2n) is 4.03. The number of rotatable bonds is 4. The molecule has 0 aromatic rings. The SMILES string of the molecule is CC(C)(C)OC(=O)N[C@H](CCO)C(=O)[O-].[Na+]. The summed E-state index contributed by atoms with van der Waals surface area (Å²) in [6, 6.07) is -1.23. The third kappa shape index (κ3) is 8.96. The number of ether oxygens (including phenoxy) is 1. The van der Waals surface area contributed by atoms with Crippen molar-refractivity contribution in [1.29, 1.82) is 0 Å². The third-order valence-corrected chi connectivity index (χ3v) is 1.39. The summed E-state index contributed by atoms with van der Waals surface area (Å²) >= 11 is 0. The Labute approximate surface area is 117 Å². The van der Waals surface area contributed by atoms with Gasteiger partial charge in [-0.15, -0.1) is 0 Å². The average Bonchev–Trinajstić information content (AvgIpc) is 1.99. The minimum absolute atomic E-state index is 0. The molecule has 16 heavy (non-hydrogen) atoms. The van der Waals surface area contributed by atoms with Gasteiger partial charge in [0.05, 0.1) is 12.0 Å². The summed E-state index contributed by atoms with van der Waals surface area (Å²) in [5.41, 5.74) is -0.695. The Bertz CT molecular complexity index is 239. The molecule has 0 saturated carbocycles. The van der Waals surface area contributed by atoms with Gasteiger partial charge in [-0.25, -0.2) is 4.79 Å². The zero-order valence-corrected chi connectivity index (χ0v) is 12.1. The molecule has 0 radical (unpaired) electrons. The topological polar surface area (TPSA) is 98.7 Å². The number of hydrogen-bond acceptors (Lipinski definition) is 5. The number of aliphatic hydroxyl groups is 1. The zero-order chi connectivity index (χ0) is 12.1. The Hall–Kier alpha value is -0.300. The molecule has 1 amide bonds. The van der Waals surface area contributed by atoms with Crippen LogP contribution < -0.4 is 40.0 Å². The molecule has 6 nitrogen and oxygen atoms in total. The smallest absolute Gasteiger partial charge is 0.548 e. The molecule has 0 unspecified atom stereocenters. The maximum absolute atomic E-state index is 11.1. The van der Waals surface area contributed by atoms with Gasteiger partial charge in [0.25, 0.3) is 0 Å². The van der Waals surface area contributed by atoms with Gasteiger partial charge >= 0.3 is 35.7 Å². The average molecular weight is 241 g/mol. The molecule has 0 aromatic heterocycles. The van der Waals surface area contributed by atoms with E-state index in [0.29, 0.717) is 0 Å². The van der Waals surface area contributed by atoms with E-state index in [4.69, 9.17) is 9.84 Å². The number of aliphatic carboxylic acids is 1. The number of carbonyl (C=O) groups is 2. The van der Waals surface area contributed by atoms with E-state index in [1.54, 1.807) is 20.8 Å². The van der Waals surface area contributed by atoms with Crippen molar-refractivity contribution in [3.05, 3.63) is 0 Å². The summed E-state index contributed by atoms with van der Waals surface area (Å²) in [6.45, 7) is 4.63. The van der Waals surface area contributed by atoms with Gasteiger partial charge in [0, 0.05) is 6.61 Å². The van der Waals surface area contributed by atoms with Crippen LogP contribution in [0.1, 0.15) is 27.2 Å². The molecule has 7 heteroatoms. The van der Waals surface area contributed by atoms with E-state index in [9.17, 15) is 14.7 Å². The van der Waals surface area contributed by atoms with Crippen molar-refractivity contribution in [1.82, 2.24) is 5.32 Å². The van der Waals surface area contributed by atoms with Gasteiger partial charge in [-0.1, -0.05) is 0 Å². The Balaban J connectivity index is 0. The van der Waals surface area contributed by atoms with Gasteiger partial charge in [0.15, 0.2) is 0 Å². The summed E-state index contributed by atoms with van der Waals surface area (Å²) in [7, 11) is 0. The number of amides is 1. The number of alkyl carbamates (subject to hydrolysis) is 1. The first-order chi connectivity index (χ1) is 6.76. The van der Waals surface area contributed by atoms with Crippen molar-refractivity contribution in [2.24, 2.45) is 0 Å². The van der Waals surface area contributed by atoms with E-state index in [2.05, 4.69) is 5.32 Å². The normalized spacial score (nSPS) is 12.2. The zero-order valence-electron chi connectivity index (χ0n) is 10.1. The van der Waals surface area contributed by atoms with E-state index < -0.39 is 23.7 Å². The number of carboxylic acid groups (broad SMARTS) is 1. The van der Waals surface area contributed by atoms with Crippen molar-refractivity contribution >= 4 is 12.1 Å². The van der Waals surface area contributed by atoms with Crippen LogP contribution in [0.5, 0.6) is 0 Å². The summed E-state index contributed by atoms with van der Waals surface area (Å²) in [5, 5.41) is 21.1. The number of carbonyl (C=O) groups excluding carboxylic acids is 2. The molecule has 1 atom stereocenters. The largest absolute Gasteiger partial charge is 1.00 e. The molecular formula is C9H16NNaO5. The van der Waals surface area contributed by atoms with Crippen LogP contribution in [-0.4, -0.2) is 35.4 Å². The Morgan fingerprint density at radius 2 is 1.94 bits per heavy atom. The van der Waals surface area contributed by atoms with Gasteiger partial charge in [-0.2, -0.15) is 0 Å². The Kier molecular flexibility index (Phi) is 8.91. The van der Waals surface area contributed by atoms with Crippen molar-refractivity contribution < 1.29 is 54.1 Å². The van der Waals surface area contributed by atoms with Crippen molar-refractivity contribution in [3.63, 3.8) is 0 Å². The van der Waals surface area contributed by atoms with Gasteiger partial charge in [-0.3, -0.25) is 0 Å². The van der Waals surface area contributed by atoms with Crippen LogP contribution in [0.25, 0.3) is 0 Å². The van der Waals surface area contributed by atoms with Gasteiger partial charge in [0.1, 0.15) is 5.60 Å². The summed E-state index contributed by atoms with van der Waals surface area (Å²) in [4.78, 5) is 21.6. The maximum Gasteiger partial charge on any atom is 1.00 e. The van der Waals surface area contributed by atoms with Crippen LogP contribution in [0.3, 0.4) is 0 Å². The fraction of sp³-hybridized carbons (Fsp3) is 0.778. The van der Waals surface area contributed by atoms with Crippen molar-refractivity contribution in [2.75, 3.05) is 6.61 Å². The molecule has 0 aliphatic carbocycles. The second-order valence-corrected chi connectivity index (χ2v) is 4.03. The summed E-state index contributed by atoms with van der Waals surface area (Å²) < 4.78 is 4.84. The number of nitrogens with one attached hydrogen (secondary N) is 1. The van der Waals surface area contributed by atoms with Crippen molar-refractivity contribution in [2.45, 2.75) is 38.8 Å². The molecule has 0 saturated heterocycles. The first-order valence-electron chi connectivity index (χ1n) is 4.57. The Morgan fingerprint density at radius 3 is 2.25 bits per heavy atom. The van der Waals surface area contributed by atoms with Crippen molar-refractivity contribution in [3.8, 4) is 0 Å². The maximum atomic E-state index is 11.1. The molecule has 0 aliphatic heterocycles. The summed E-state index contributed by atoms with van der Waals surface area (Å²) in [6.07, 6.45) is -0.952. The minimum atomic E-state index is -1.45. The predicted molar refractivity (Wildman–Crippen MR) is 49.9 cm³/mol. The first-order valence-corrected chi connectivity index (χ1v) is 4.57. The summed E-state index contributed by atoms with van der Waals surface area (Å²) in [5.74, 6) is -1.45. The van der Waals surface area contributed by atoms with E-state index in [0.717, 1.165) is 0 Å². The van der Waals surface area contributed by atoms with Crippen LogP contribution in [0.15, 0.2) is 0 Å². The quantitative estimate of drug-likeness (QED) is 0.489. The van der Waals surface area contributed by atoms with Gasteiger partial charge in [-0.05, 0) is 27.2 Å². The second kappa shape index (κ2) is 7.89. The van der Waals surface area contributed by atoms with Crippen LogP contribution >= 0.6 is 0 Å². The standard InChI is InChI=1S/C9H17NO5.Na/c1-9(2,3)15-8(14)10-6(4-5-11)7(12)13;/h6,11H,4-5H2,1-3H3,(H,10,14)(H,12,13);/q;+1/p-1/t6-;/m1./s1. The fourth-order valence-electron chi connectivity index (χ4n) is 0.828. The van der Waals surface area contributed by atoms with E-state index in [-0.39, 0.29) is 42.6 Å². The van der Waals surface area contributed by atoms with Crippen LogP contribution in [0, 0.1) is 0 Å². The van der Waals surface area contributed by atoms with Crippen LogP contribution in [0.2, 0.25) is 0 Å². The molecule has 0 fully saturated rings. The molecular weight excluding hydrogens is 225 g/mol. The molecule has 2 N–H and O–H groups in total. The molecule has 0 heterocycles. The molecule has 0 bridgehead atoms. The predicted octanol–water partition coefficient (Wildman–Crippen LogP) is -3.98. The molecule has 0 spiro atoms. The fourth-order valence-corrected chi connectivity index (χ4v) is 0.828. The van der Waals surface area contributed by atoms with E-state index in [1.807, 2.05) is 0 Å². The number of hydrogen-bond donors (Lipinski definition) is 2. The number of carboxylic acids is 1. The van der Waals surface area contributed by atoms with E-state index in [1.165, 1.54) is 0 Å². The molecule has 0 rings (SSSR count). The third-order valence-electron chi connectivity index (χ3n) is 1.39. The molecule has 0 aliphatic rings. The minimum Gasteiger partial charge on any atom is -0.548 e.